The SMILES string of the molecule is CCc1cc2c(c(S(=O)(=O)Cl)c1)OCC(=O)N2. The maximum absolute atomic E-state index is 11.4. The van der Waals surface area contributed by atoms with E-state index in [1.807, 2.05) is 6.92 Å². The van der Waals surface area contributed by atoms with Crippen molar-refractivity contribution >= 4 is 31.3 Å². The number of aryl methyl sites for hydroxylation is 1. The molecule has 0 unspecified atom stereocenters. The fourth-order valence-corrected chi connectivity index (χ4v) is 2.64. The first-order valence-electron chi connectivity index (χ1n) is 4.96. The van der Waals surface area contributed by atoms with Gasteiger partial charge < -0.3 is 10.1 Å². The second-order valence-electron chi connectivity index (χ2n) is 3.60. The summed E-state index contributed by atoms with van der Waals surface area (Å²) in [6.07, 6.45) is 0.628. The highest BCUT2D eigenvalue weighted by Gasteiger charge is 2.26. The molecule has 17 heavy (non-hydrogen) atoms. The first-order valence-corrected chi connectivity index (χ1v) is 7.27. The van der Waals surface area contributed by atoms with E-state index >= 15 is 0 Å². The molecule has 0 saturated heterocycles. The van der Waals surface area contributed by atoms with Crippen LogP contribution in [0.5, 0.6) is 5.75 Å². The second kappa shape index (κ2) is 4.19. The number of fused-ring (bicyclic) bond motifs is 1. The predicted octanol–water partition coefficient (Wildman–Crippen LogP) is 1.51. The quantitative estimate of drug-likeness (QED) is 0.831. The van der Waals surface area contributed by atoms with Crippen molar-refractivity contribution in [1.82, 2.24) is 0 Å². The average molecular weight is 276 g/mol. The third-order valence-electron chi connectivity index (χ3n) is 2.41. The Morgan fingerprint density at radius 1 is 1.47 bits per heavy atom. The van der Waals surface area contributed by atoms with Crippen molar-refractivity contribution < 1.29 is 17.9 Å². The number of amides is 1. The van der Waals surface area contributed by atoms with E-state index in [1.54, 1.807) is 6.07 Å². The lowest BCUT2D eigenvalue weighted by molar-refractivity contribution is -0.118. The number of benzene rings is 1. The lowest BCUT2D eigenvalue weighted by atomic mass is 10.1. The molecule has 0 fully saturated rings. The van der Waals surface area contributed by atoms with Gasteiger partial charge in [0.15, 0.2) is 12.4 Å². The summed E-state index contributed by atoms with van der Waals surface area (Å²) in [5.74, 6) is -0.208. The highest BCUT2D eigenvalue weighted by Crippen LogP contribution is 2.37. The van der Waals surface area contributed by atoms with E-state index in [0.29, 0.717) is 12.1 Å². The molecule has 0 aliphatic carbocycles. The second-order valence-corrected chi connectivity index (χ2v) is 6.13. The molecule has 0 radical (unpaired) electrons. The third-order valence-corrected chi connectivity index (χ3v) is 3.73. The first-order chi connectivity index (χ1) is 7.91. The number of carbonyl (C=O) groups is 1. The van der Waals surface area contributed by atoms with Gasteiger partial charge in [0.05, 0.1) is 5.69 Å². The summed E-state index contributed by atoms with van der Waals surface area (Å²) < 4.78 is 28.0. The van der Waals surface area contributed by atoms with Crippen molar-refractivity contribution in [2.75, 3.05) is 11.9 Å². The van der Waals surface area contributed by atoms with E-state index in [9.17, 15) is 13.2 Å². The van der Waals surface area contributed by atoms with Crippen LogP contribution in [0.2, 0.25) is 0 Å². The molecule has 0 atom stereocenters. The summed E-state index contributed by atoms with van der Waals surface area (Å²) in [6.45, 7) is 1.66. The Balaban J connectivity index is 2.67. The van der Waals surface area contributed by atoms with Gasteiger partial charge in [0.25, 0.3) is 15.0 Å². The van der Waals surface area contributed by atoms with Crippen LogP contribution in [0.25, 0.3) is 0 Å². The van der Waals surface area contributed by atoms with Crippen LogP contribution in [-0.4, -0.2) is 20.9 Å². The number of rotatable bonds is 2. The van der Waals surface area contributed by atoms with Crippen LogP contribution in [-0.2, 0) is 20.3 Å². The molecule has 1 amide bonds. The van der Waals surface area contributed by atoms with Crippen molar-refractivity contribution in [1.29, 1.82) is 0 Å². The molecule has 0 spiro atoms. The summed E-state index contributed by atoms with van der Waals surface area (Å²) in [4.78, 5) is 11.1. The van der Waals surface area contributed by atoms with E-state index < -0.39 is 9.05 Å². The molecular formula is C10H10ClNO4S. The van der Waals surface area contributed by atoms with Crippen molar-refractivity contribution in [3.8, 4) is 5.75 Å². The number of carbonyl (C=O) groups excluding carboxylic acids is 1. The molecule has 7 heteroatoms. The molecule has 92 valence electrons. The number of halogens is 1. The van der Waals surface area contributed by atoms with Crippen LogP contribution < -0.4 is 10.1 Å². The molecule has 1 aliphatic heterocycles. The minimum absolute atomic E-state index is 0.103. The van der Waals surface area contributed by atoms with Gasteiger partial charge in [-0.05, 0) is 24.1 Å². The number of hydrogen-bond acceptors (Lipinski definition) is 4. The van der Waals surface area contributed by atoms with Crippen molar-refractivity contribution in [3.63, 3.8) is 0 Å². The Morgan fingerprint density at radius 2 is 2.18 bits per heavy atom. The van der Waals surface area contributed by atoms with Crippen LogP contribution in [0.4, 0.5) is 5.69 Å². The molecule has 2 rings (SSSR count). The number of ether oxygens (including phenoxy) is 1. The Labute approximate surface area is 103 Å². The zero-order valence-corrected chi connectivity index (χ0v) is 10.6. The minimum atomic E-state index is -3.90. The maximum atomic E-state index is 11.4. The molecule has 1 aliphatic rings. The first kappa shape index (κ1) is 12.2. The van der Waals surface area contributed by atoms with Gasteiger partial charge in [0, 0.05) is 10.7 Å². The zero-order valence-electron chi connectivity index (χ0n) is 8.99. The Kier molecular flexibility index (Phi) is 3.01. The van der Waals surface area contributed by atoms with E-state index in [4.69, 9.17) is 15.4 Å². The van der Waals surface area contributed by atoms with Gasteiger partial charge in [0.2, 0.25) is 0 Å². The van der Waals surface area contributed by atoms with Gasteiger partial charge in [-0.1, -0.05) is 6.92 Å². The van der Waals surface area contributed by atoms with Crippen molar-refractivity contribution in [2.24, 2.45) is 0 Å². The number of hydrogen-bond donors (Lipinski definition) is 1. The van der Waals surface area contributed by atoms with E-state index in [2.05, 4.69) is 5.32 Å². The molecule has 1 aromatic rings. The fraction of sp³-hybridized carbons (Fsp3) is 0.300. The molecular weight excluding hydrogens is 266 g/mol. The Morgan fingerprint density at radius 3 is 2.76 bits per heavy atom. The monoisotopic (exact) mass is 275 g/mol. The van der Waals surface area contributed by atoms with Gasteiger partial charge in [-0.2, -0.15) is 0 Å². The predicted molar refractivity (Wildman–Crippen MR) is 63.0 cm³/mol. The molecule has 0 saturated carbocycles. The summed E-state index contributed by atoms with van der Waals surface area (Å²) in [5, 5.41) is 2.56. The summed E-state index contributed by atoms with van der Waals surface area (Å²) in [6, 6.07) is 3.14. The van der Waals surface area contributed by atoms with Gasteiger partial charge >= 0.3 is 0 Å². The largest absolute Gasteiger partial charge is 0.480 e. The van der Waals surface area contributed by atoms with Gasteiger partial charge in [0.1, 0.15) is 4.90 Å². The standard InChI is InChI=1S/C10H10ClNO4S/c1-2-6-3-7-10(16-5-9(13)12-7)8(4-6)17(11,14)15/h3-4H,2,5H2,1H3,(H,12,13). The van der Waals surface area contributed by atoms with E-state index in [1.165, 1.54) is 6.07 Å². The molecule has 1 aromatic carbocycles. The topological polar surface area (TPSA) is 72.5 Å². The number of nitrogens with one attached hydrogen (secondary N) is 1. The van der Waals surface area contributed by atoms with Crippen LogP contribution in [0.3, 0.4) is 0 Å². The van der Waals surface area contributed by atoms with Crippen molar-refractivity contribution in [2.45, 2.75) is 18.2 Å². The maximum Gasteiger partial charge on any atom is 0.265 e. The summed E-state index contributed by atoms with van der Waals surface area (Å²) >= 11 is 0. The van der Waals surface area contributed by atoms with Gasteiger partial charge in [-0.3, -0.25) is 4.79 Å². The average Bonchev–Trinajstić information content (AvgIpc) is 2.25. The van der Waals surface area contributed by atoms with Gasteiger partial charge in [-0.25, -0.2) is 8.42 Å². The van der Waals surface area contributed by atoms with Crippen LogP contribution in [0.1, 0.15) is 12.5 Å². The number of anilines is 1. The van der Waals surface area contributed by atoms with Crippen LogP contribution in [0.15, 0.2) is 17.0 Å². The summed E-state index contributed by atoms with van der Waals surface area (Å²) in [5.41, 5.74) is 1.11. The smallest absolute Gasteiger partial charge is 0.265 e. The minimum Gasteiger partial charge on any atom is -0.480 e. The highest BCUT2D eigenvalue weighted by molar-refractivity contribution is 8.13. The van der Waals surface area contributed by atoms with Gasteiger partial charge in [-0.15, -0.1) is 0 Å². The molecule has 5 nitrogen and oxygen atoms in total. The fourth-order valence-electron chi connectivity index (χ4n) is 1.61. The molecule has 0 aromatic heterocycles. The third kappa shape index (κ3) is 2.37. The lowest BCUT2D eigenvalue weighted by Crippen LogP contribution is -2.26. The molecule has 1 heterocycles. The Bertz CT molecular complexity index is 582. The van der Waals surface area contributed by atoms with E-state index in [-0.39, 0.29) is 23.2 Å². The normalized spacial score (nSPS) is 14.8. The molecule has 0 bridgehead atoms. The highest BCUT2D eigenvalue weighted by atomic mass is 35.7. The summed E-state index contributed by atoms with van der Waals surface area (Å²) in [7, 11) is 1.44. The lowest BCUT2D eigenvalue weighted by Gasteiger charge is -2.20. The molecule has 1 N–H and O–H groups in total. The Hall–Kier alpha value is -1.27. The zero-order chi connectivity index (χ0) is 12.6. The van der Waals surface area contributed by atoms with Crippen LogP contribution >= 0.6 is 10.7 Å². The van der Waals surface area contributed by atoms with E-state index in [0.717, 1.165) is 5.56 Å². The van der Waals surface area contributed by atoms with Crippen LogP contribution in [0, 0.1) is 0 Å². The van der Waals surface area contributed by atoms with Crippen molar-refractivity contribution in [3.05, 3.63) is 17.7 Å².